The molecule has 0 amide bonds. The van der Waals surface area contributed by atoms with Crippen molar-refractivity contribution < 1.29 is 8.42 Å². The molecule has 0 radical (unpaired) electrons. The Kier molecular flexibility index (Phi) is 3.24. The molecule has 2 aliphatic rings. The topological polar surface area (TPSA) is 81.2 Å². The summed E-state index contributed by atoms with van der Waals surface area (Å²) >= 11 is 0. The number of nitrogens with zero attached hydrogens (tertiary/aromatic N) is 3. The fourth-order valence-electron chi connectivity index (χ4n) is 3.47. The van der Waals surface area contributed by atoms with Crippen LogP contribution in [0.1, 0.15) is 35.6 Å². The SMILES string of the molecule is Cn1ncc(CN2CCc3ccc(S(N)(=O)=O)cc32)c1C1CC1. The number of fused-ring (bicyclic) bond motifs is 1. The predicted octanol–water partition coefficient (Wildman–Crippen LogP) is 1.51. The van der Waals surface area contributed by atoms with Gasteiger partial charge in [-0.3, -0.25) is 4.68 Å². The van der Waals surface area contributed by atoms with Crippen LogP contribution in [0.3, 0.4) is 0 Å². The van der Waals surface area contributed by atoms with Gasteiger partial charge >= 0.3 is 0 Å². The lowest BCUT2D eigenvalue weighted by Gasteiger charge is -2.20. The van der Waals surface area contributed by atoms with Gasteiger partial charge in [0.05, 0.1) is 11.1 Å². The van der Waals surface area contributed by atoms with Crippen molar-refractivity contribution in [2.75, 3.05) is 11.4 Å². The lowest BCUT2D eigenvalue weighted by molar-refractivity contribution is 0.598. The second-order valence-electron chi connectivity index (χ2n) is 6.46. The fourth-order valence-corrected chi connectivity index (χ4v) is 4.00. The third-order valence-electron chi connectivity index (χ3n) is 4.77. The zero-order valence-electron chi connectivity index (χ0n) is 13.1. The molecular formula is C16H20N4O2S. The van der Waals surface area contributed by atoms with Crippen molar-refractivity contribution in [3.8, 4) is 0 Å². The number of aromatic nitrogens is 2. The minimum atomic E-state index is -3.67. The Labute approximate surface area is 135 Å². The number of sulfonamides is 1. The Morgan fingerprint density at radius 3 is 2.83 bits per heavy atom. The summed E-state index contributed by atoms with van der Waals surface area (Å²) in [6.07, 6.45) is 5.34. The van der Waals surface area contributed by atoms with Gasteiger partial charge in [0.25, 0.3) is 0 Å². The number of nitrogens with two attached hydrogens (primary N) is 1. The van der Waals surface area contributed by atoms with Crippen LogP contribution in [0.4, 0.5) is 5.69 Å². The first-order chi connectivity index (χ1) is 10.9. The smallest absolute Gasteiger partial charge is 0.238 e. The van der Waals surface area contributed by atoms with Gasteiger partial charge in [0, 0.05) is 43.0 Å². The van der Waals surface area contributed by atoms with Crippen molar-refractivity contribution in [3.05, 3.63) is 41.2 Å². The average molecular weight is 332 g/mol. The van der Waals surface area contributed by atoms with Crippen LogP contribution in [0.2, 0.25) is 0 Å². The van der Waals surface area contributed by atoms with E-state index in [4.69, 9.17) is 5.14 Å². The van der Waals surface area contributed by atoms with E-state index < -0.39 is 10.0 Å². The summed E-state index contributed by atoms with van der Waals surface area (Å²) in [5, 5.41) is 9.67. The Balaban J connectivity index is 1.66. The molecule has 2 heterocycles. The Hall–Kier alpha value is -1.86. The summed E-state index contributed by atoms with van der Waals surface area (Å²) < 4.78 is 25.2. The highest BCUT2D eigenvalue weighted by Crippen LogP contribution is 2.42. The third-order valence-corrected chi connectivity index (χ3v) is 5.68. The van der Waals surface area contributed by atoms with Crippen LogP contribution in [-0.4, -0.2) is 24.7 Å². The Morgan fingerprint density at radius 1 is 1.35 bits per heavy atom. The van der Waals surface area contributed by atoms with E-state index in [9.17, 15) is 8.42 Å². The molecule has 1 aromatic carbocycles. The molecule has 0 bridgehead atoms. The lowest BCUT2D eigenvalue weighted by Crippen LogP contribution is -2.21. The van der Waals surface area contributed by atoms with Gasteiger partial charge in [-0.25, -0.2) is 13.6 Å². The van der Waals surface area contributed by atoms with E-state index in [1.807, 2.05) is 24.0 Å². The molecule has 2 aromatic rings. The van der Waals surface area contributed by atoms with Crippen LogP contribution in [-0.2, 0) is 30.0 Å². The summed E-state index contributed by atoms with van der Waals surface area (Å²) in [4.78, 5) is 2.41. The first-order valence-electron chi connectivity index (χ1n) is 7.85. The summed E-state index contributed by atoms with van der Waals surface area (Å²) in [5.74, 6) is 0.635. The standard InChI is InChI=1S/C16H20N4O2S/c1-19-16(12-2-3-12)13(9-18-19)10-20-7-6-11-4-5-14(8-15(11)20)23(17,21)22/h4-5,8-9,12H,2-3,6-7,10H2,1H3,(H2,17,21,22). The molecule has 23 heavy (non-hydrogen) atoms. The number of aryl methyl sites for hydroxylation is 1. The molecule has 4 rings (SSSR count). The predicted molar refractivity (Wildman–Crippen MR) is 87.8 cm³/mol. The van der Waals surface area contributed by atoms with E-state index in [1.54, 1.807) is 12.1 Å². The minimum Gasteiger partial charge on any atom is -0.366 e. The molecular weight excluding hydrogens is 312 g/mol. The Morgan fingerprint density at radius 2 is 2.13 bits per heavy atom. The van der Waals surface area contributed by atoms with Gasteiger partial charge in [0.2, 0.25) is 10.0 Å². The van der Waals surface area contributed by atoms with Gasteiger partial charge in [0.1, 0.15) is 0 Å². The largest absolute Gasteiger partial charge is 0.366 e. The van der Waals surface area contributed by atoms with Gasteiger partial charge < -0.3 is 4.90 Å². The van der Waals surface area contributed by atoms with E-state index in [-0.39, 0.29) is 4.90 Å². The third kappa shape index (κ3) is 2.64. The van der Waals surface area contributed by atoms with Crippen LogP contribution >= 0.6 is 0 Å². The van der Waals surface area contributed by atoms with E-state index in [0.717, 1.165) is 25.2 Å². The molecule has 7 heteroatoms. The quantitative estimate of drug-likeness (QED) is 0.920. The molecule has 0 spiro atoms. The van der Waals surface area contributed by atoms with Gasteiger partial charge in [0.15, 0.2) is 0 Å². The van der Waals surface area contributed by atoms with Crippen LogP contribution in [0, 0.1) is 0 Å². The van der Waals surface area contributed by atoms with Crippen LogP contribution < -0.4 is 10.0 Å². The van der Waals surface area contributed by atoms with Crippen LogP contribution in [0.5, 0.6) is 0 Å². The van der Waals surface area contributed by atoms with Crippen molar-refractivity contribution in [1.29, 1.82) is 0 Å². The summed E-state index contributed by atoms with van der Waals surface area (Å²) in [5.41, 5.74) is 4.71. The molecule has 2 N–H and O–H groups in total. The number of hydrogen-bond donors (Lipinski definition) is 1. The fraction of sp³-hybridized carbons (Fsp3) is 0.438. The van der Waals surface area contributed by atoms with Crippen LogP contribution in [0.15, 0.2) is 29.3 Å². The second-order valence-corrected chi connectivity index (χ2v) is 8.02. The van der Waals surface area contributed by atoms with Gasteiger partial charge in [-0.2, -0.15) is 5.10 Å². The lowest BCUT2D eigenvalue weighted by atomic mass is 10.1. The molecule has 6 nitrogen and oxygen atoms in total. The normalized spacial score (nSPS) is 17.6. The van der Waals surface area contributed by atoms with E-state index in [2.05, 4.69) is 10.00 Å². The van der Waals surface area contributed by atoms with Gasteiger partial charge in [-0.15, -0.1) is 0 Å². The zero-order chi connectivity index (χ0) is 16.2. The van der Waals surface area contributed by atoms with Crippen molar-refractivity contribution in [2.24, 2.45) is 12.2 Å². The second kappa shape index (κ2) is 5.07. The average Bonchev–Trinajstić information content (AvgIpc) is 3.15. The van der Waals surface area contributed by atoms with Gasteiger partial charge in [-0.05, 0) is 37.0 Å². The highest BCUT2D eigenvalue weighted by Gasteiger charge is 2.31. The van der Waals surface area contributed by atoms with E-state index >= 15 is 0 Å². The molecule has 0 unspecified atom stereocenters. The molecule has 1 aromatic heterocycles. The molecule has 1 aliphatic carbocycles. The van der Waals surface area contributed by atoms with Crippen molar-refractivity contribution in [3.63, 3.8) is 0 Å². The monoisotopic (exact) mass is 332 g/mol. The van der Waals surface area contributed by atoms with Crippen molar-refractivity contribution in [1.82, 2.24) is 9.78 Å². The molecule has 1 fully saturated rings. The van der Waals surface area contributed by atoms with Crippen LogP contribution in [0.25, 0.3) is 0 Å². The molecule has 1 aliphatic heterocycles. The van der Waals surface area contributed by atoms with Crippen molar-refractivity contribution >= 4 is 15.7 Å². The first kappa shape index (κ1) is 14.7. The summed E-state index contributed by atoms with van der Waals surface area (Å²) in [6.45, 7) is 1.66. The van der Waals surface area contributed by atoms with E-state index in [1.165, 1.54) is 29.7 Å². The number of benzene rings is 1. The zero-order valence-corrected chi connectivity index (χ0v) is 13.9. The van der Waals surface area contributed by atoms with E-state index in [0.29, 0.717) is 5.92 Å². The summed E-state index contributed by atoms with van der Waals surface area (Å²) in [7, 11) is -1.68. The summed E-state index contributed by atoms with van der Waals surface area (Å²) in [6, 6.07) is 5.17. The molecule has 1 saturated carbocycles. The number of hydrogen-bond acceptors (Lipinski definition) is 4. The molecule has 0 atom stereocenters. The maximum atomic E-state index is 11.6. The molecule has 0 saturated heterocycles. The maximum absolute atomic E-state index is 11.6. The molecule has 122 valence electrons. The minimum absolute atomic E-state index is 0.178. The number of anilines is 1. The van der Waals surface area contributed by atoms with Crippen molar-refractivity contribution in [2.45, 2.75) is 36.6 Å². The Bertz CT molecular complexity index is 868. The number of primary sulfonamides is 1. The highest BCUT2D eigenvalue weighted by molar-refractivity contribution is 7.89. The van der Waals surface area contributed by atoms with Gasteiger partial charge in [-0.1, -0.05) is 6.07 Å². The first-order valence-corrected chi connectivity index (χ1v) is 9.39. The maximum Gasteiger partial charge on any atom is 0.238 e. The highest BCUT2D eigenvalue weighted by atomic mass is 32.2. The number of rotatable bonds is 4.